The topological polar surface area (TPSA) is 76.4 Å². The van der Waals surface area contributed by atoms with Gasteiger partial charge in [0.2, 0.25) is 0 Å². The van der Waals surface area contributed by atoms with Crippen LogP contribution in [0.15, 0.2) is 65.1 Å². The Labute approximate surface area is 210 Å². The largest absolute Gasteiger partial charge is 0.494 e. The number of thiocarbonyl (C=S) groups is 1. The summed E-state index contributed by atoms with van der Waals surface area (Å²) in [4.78, 5) is 17.2. The molecule has 0 radical (unpaired) electrons. The lowest BCUT2D eigenvalue weighted by Gasteiger charge is -2.11. The van der Waals surface area contributed by atoms with E-state index in [1.165, 1.54) is 5.56 Å². The third kappa shape index (κ3) is 6.45. The van der Waals surface area contributed by atoms with Gasteiger partial charge in [-0.3, -0.25) is 10.1 Å². The summed E-state index contributed by atoms with van der Waals surface area (Å²) < 4.78 is 11.7. The van der Waals surface area contributed by atoms with Gasteiger partial charge in [0.25, 0.3) is 5.91 Å². The number of hydrogen-bond acceptors (Lipinski definition) is 5. The van der Waals surface area contributed by atoms with Crippen LogP contribution >= 0.6 is 12.2 Å². The summed E-state index contributed by atoms with van der Waals surface area (Å²) in [5, 5.41) is 6.00. The molecule has 7 heteroatoms. The van der Waals surface area contributed by atoms with E-state index < -0.39 is 0 Å². The minimum Gasteiger partial charge on any atom is -0.494 e. The summed E-state index contributed by atoms with van der Waals surface area (Å²) in [7, 11) is 0. The molecule has 0 fully saturated rings. The lowest BCUT2D eigenvalue weighted by Crippen LogP contribution is -2.34. The maximum atomic E-state index is 12.6. The van der Waals surface area contributed by atoms with Gasteiger partial charge in [-0.05, 0) is 85.6 Å². The number of benzene rings is 3. The van der Waals surface area contributed by atoms with E-state index in [1.807, 2.05) is 43.3 Å². The summed E-state index contributed by atoms with van der Waals surface area (Å²) in [5.74, 6) is 1.06. The van der Waals surface area contributed by atoms with Gasteiger partial charge < -0.3 is 14.5 Å². The average Bonchev–Trinajstić information content (AvgIpc) is 3.23. The third-order valence-electron chi connectivity index (χ3n) is 5.52. The van der Waals surface area contributed by atoms with Crippen LogP contribution in [0.4, 0.5) is 5.69 Å². The Morgan fingerprint density at radius 3 is 2.66 bits per heavy atom. The second kappa shape index (κ2) is 11.1. The van der Waals surface area contributed by atoms with Gasteiger partial charge in [-0.15, -0.1) is 0 Å². The van der Waals surface area contributed by atoms with Crippen molar-refractivity contribution in [1.29, 1.82) is 0 Å². The number of nitrogens with zero attached hydrogens (tertiary/aromatic N) is 1. The van der Waals surface area contributed by atoms with Crippen LogP contribution in [0.1, 0.15) is 52.7 Å². The first-order chi connectivity index (χ1) is 16.9. The van der Waals surface area contributed by atoms with E-state index >= 15 is 0 Å². The Balaban J connectivity index is 1.33. The smallest absolute Gasteiger partial charge is 0.257 e. The van der Waals surface area contributed by atoms with E-state index in [0.29, 0.717) is 30.2 Å². The number of hydrogen-bond donors (Lipinski definition) is 2. The average molecular weight is 488 g/mol. The normalized spacial score (nSPS) is 10.8. The van der Waals surface area contributed by atoms with Crippen molar-refractivity contribution in [2.24, 2.45) is 0 Å². The number of unbranched alkanes of at least 4 members (excludes halogenated alkanes) is 1. The molecule has 4 rings (SSSR count). The van der Waals surface area contributed by atoms with Crippen molar-refractivity contribution in [3.63, 3.8) is 0 Å². The summed E-state index contributed by atoms with van der Waals surface area (Å²) in [5.41, 5.74) is 6.30. The molecule has 0 atom stereocenters. The highest BCUT2D eigenvalue weighted by Crippen LogP contribution is 2.23. The van der Waals surface area contributed by atoms with Gasteiger partial charge in [0.05, 0.1) is 6.61 Å². The van der Waals surface area contributed by atoms with Crippen LogP contribution in [-0.2, 0) is 6.42 Å². The fraction of sp³-hybridized carbons (Fsp3) is 0.250. The zero-order valence-corrected chi connectivity index (χ0v) is 21.0. The molecular weight excluding hydrogens is 458 g/mol. The molecule has 0 saturated heterocycles. The third-order valence-corrected chi connectivity index (χ3v) is 5.73. The first-order valence-electron chi connectivity index (χ1n) is 11.7. The fourth-order valence-corrected chi connectivity index (χ4v) is 3.99. The SMILES string of the molecule is CCCCOc1cccc(C(=O)NC(=S)Nc2ccc(Cc3nc4cc(C)cc(C)c4o3)cc2)c1. The van der Waals surface area contributed by atoms with Crippen molar-refractivity contribution in [2.75, 3.05) is 11.9 Å². The predicted octanol–water partition coefficient (Wildman–Crippen LogP) is 6.34. The number of ether oxygens (including phenoxy) is 1. The lowest BCUT2D eigenvalue weighted by molar-refractivity contribution is 0.0977. The molecule has 6 nitrogen and oxygen atoms in total. The van der Waals surface area contributed by atoms with Crippen LogP contribution in [0, 0.1) is 13.8 Å². The number of oxazole rings is 1. The molecule has 0 aliphatic heterocycles. The first kappa shape index (κ1) is 24.4. The Bertz CT molecular complexity index is 1350. The monoisotopic (exact) mass is 487 g/mol. The number of carbonyl (C=O) groups is 1. The molecule has 35 heavy (non-hydrogen) atoms. The molecule has 1 heterocycles. The van der Waals surface area contributed by atoms with Crippen molar-refractivity contribution in [3.8, 4) is 5.75 Å². The molecule has 180 valence electrons. The van der Waals surface area contributed by atoms with Gasteiger partial charge in [0.15, 0.2) is 16.6 Å². The van der Waals surface area contributed by atoms with Gasteiger partial charge in [0, 0.05) is 17.7 Å². The number of anilines is 1. The van der Waals surface area contributed by atoms with Crippen LogP contribution in [0.5, 0.6) is 5.75 Å². The number of amides is 1. The highest BCUT2D eigenvalue weighted by Gasteiger charge is 2.11. The predicted molar refractivity (Wildman–Crippen MR) is 143 cm³/mol. The van der Waals surface area contributed by atoms with Gasteiger partial charge >= 0.3 is 0 Å². The molecule has 0 aliphatic rings. The molecule has 0 unspecified atom stereocenters. The van der Waals surface area contributed by atoms with Crippen LogP contribution < -0.4 is 15.4 Å². The second-order valence-corrected chi connectivity index (χ2v) is 8.96. The number of carbonyl (C=O) groups excluding carboxylic acids is 1. The van der Waals surface area contributed by atoms with Crippen LogP contribution in [0.25, 0.3) is 11.1 Å². The quantitative estimate of drug-likeness (QED) is 0.223. The van der Waals surface area contributed by atoms with E-state index in [-0.39, 0.29) is 11.0 Å². The van der Waals surface area contributed by atoms with E-state index in [4.69, 9.17) is 21.4 Å². The lowest BCUT2D eigenvalue weighted by atomic mass is 10.1. The number of aryl methyl sites for hydroxylation is 2. The van der Waals surface area contributed by atoms with Gasteiger partial charge in [-0.25, -0.2) is 4.98 Å². The van der Waals surface area contributed by atoms with E-state index in [1.54, 1.807) is 18.2 Å². The molecule has 0 bridgehead atoms. The Morgan fingerprint density at radius 2 is 1.89 bits per heavy atom. The van der Waals surface area contributed by atoms with Crippen molar-refractivity contribution in [2.45, 2.75) is 40.0 Å². The fourth-order valence-electron chi connectivity index (χ4n) is 3.78. The molecule has 1 amide bonds. The molecule has 0 aliphatic carbocycles. The van der Waals surface area contributed by atoms with Gasteiger partial charge in [-0.2, -0.15) is 0 Å². The second-order valence-electron chi connectivity index (χ2n) is 8.55. The number of fused-ring (bicyclic) bond motifs is 1. The Hall–Kier alpha value is -3.71. The van der Waals surface area contributed by atoms with Gasteiger partial charge in [-0.1, -0.05) is 37.6 Å². The Kier molecular flexibility index (Phi) is 7.77. The summed E-state index contributed by atoms with van der Waals surface area (Å²) in [6, 6.07) is 19.0. The first-order valence-corrected chi connectivity index (χ1v) is 12.1. The molecule has 1 aromatic heterocycles. The highest BCUT2D eigenvalue weighted by molar-refractivity contribution is 7.80. The standard InChI is InChI=1S/C28H29N3O3S/c1-4-5-13-33-23-8-6-7-21(17-23)27(32)31-28(35)29-22-11-9-20(10-12-22)16-25-30-24-15-18(2)14-19(3)26(24)34-25/h6-12,14-15,17H,4-5,13,16H2,1-3H3,(H2,29,31,32,35). The molecule has 0 saturated carbocycles. The van der Waals surface area contributed by atoms with E-state index in [2.05, 4.69) is 35.5 Å². The van der Waals surface area contributed by atoms with E-state index in [0.717, 1.165) is 40.8 Å². The minimum atomic E-state index is -0.290. The Morgan fingerprint density at radius 1 is 1.09 bits per heavy atom. The van der Waals surface area contributed by atoms with Crippen LogP contribution in [0.3, 0.4) is 0 Å². The highest BCUT2D eigenvalue weighted by atomic mass is 32.1. The number of nitrogens with one attached hydrogen (secondary N) is 2. The zero-order chi connectivity index (χ0) is 24.8. The molecule has 0 spiro atoms. The summed E-state index contributed by atoms with van der Waals surface area (Å²) in [6.45, 7) is 6.82. The van der Waals surface area contributed by atoms with Crippen LogP contribution in [-0.4, -0.2) is 22.6 Å². The maximum absolute atomic E-state index is 12.6. The summed E-state index contributed by atoms with van der Waals surface area (Å²) in [6.07, 6.45) is 2.61. The molecule has 4 aromatic rings. The minimum absolute atomic E-state index is 0.227. The number of rotatable bonds is 8. The van der Waals surface area contributed by atoms with Crippen molar-refractivity contribution in [1.82, 2.24) is 10.3 Å². The number of aromatic nitrogens is 1. The molecule has 2 N–H and O–H groups in total. The zero-order valence-electron chi connectivity index (χ0n) is 20.2. The van der Waals surface area contributed by atoms with E-state index in [9.17, 15) is 4.79 Å². The maximum Gasteiger partial charge on any atom is 0.257 e. The van der Waals surface area contributed by atoms with Crippen LogP contribution in [0.2, 0.25) is 0 Å². The van der Waals surface area contributed by atoms with Crippen molar-refractivity contribution < 1.29 is 13.9 Å². The van der Waals surface area contributed by atoms with Crippen molar-refractivity contribution >= 4 is 40.0 Å². The molecule has 3 aromatic carbocycles. The molecular formula is C28H29N3O3S. The summed E-state index contributed by atoms with van der Waals surface area (Å²) >= 11 is 5.33. The van der Waals surface area contributed by atoms with Gasteiger partial charge in [0.1, 0.15) is 11.3 Å². The van der Waals surface area contributed by atoms with Crippen molar-refractivity contribution in [3.05, 3.63) is 88.8 Å².